The molecule has 1 saturated heterocycles. The summed E-state index contributed by atoms with van der Waals surface area (Å²) in [5.74, 6) is -0.638. The number of allylic oxidation sites excluding steroid dienone is 1. The highest BCUT2D eigenvalue weighted by Gasteiger charge is 2.68. The van der Waals surface area contributed by atoms with Crippen molar-refractivity contribution in [3.8, 4) is 0 Å². The number of ether oxygens (including phenoxy) is 3. The van der Waals surface area contributed by atoms with Crippen LogP contribution in [0.3, 0.4) is 0 Å². The van der Waals surface area contributed by atoms with Crippen LogP contribution in [0.15, 0.2) is 54.8 Å². The number of hydrogen-bond acceptors (Lipinski definition) is 7. The SMILES string of the molecule is CO/C=C/C(C)(O)C(O)C(C)C/C=C/C1C(OC=O)C(C(Cc2ccccc2)NC=O)C(C)C2(C)OC12. The molecule has 204 valence electrons. The van der Waals surface area contributed by atoms with Crippen LogP contribution >= 0.6 is 0 Å². The van der Waals surface area contributed by atoms with Crippen molar-refractivity contribution in [1.82, 2.24) is 5.32 Å². The zero-order valence-electron chi connectivity index (χ0n) is 22.3. The number of methoxy groups -OCH3 is 1. The first-order chi connectivity index (χ1) is 17.6. The minimum atomic E-state index is -1.44. The van der Waals surface area contributed by atoms with Crippen molar-refractivity contribution in [1.29, 1.82) is 0 Å². The number of benzene rings is 1. The van der Waals surface area contributed by atoms with Gasteiger partial charge in [0.1, 0.15) is 11.7 Å². The lowest BCUT2D eigenvalue weighted by molar-refractivity contribution is -0.143. The lowest BCUT2D eigenvalue weighted by atomic mass is 9.64. The van der Waals surface area contributed by atoms with Gasteiger partial charge in [-0.05, 0) is 50.2 Å². The van der Waals surface area contributed by atoms with E-state index in [1.807, 2.05) is 49.4 Å². The van der Waals surface area contributed by atoms with Gasteiger partial charge >= 0.3 is 0 Å². The molecule has 3 rings (SSSR count). The van der Waals surface area contributed by atoms with Crippen LogP contribution in [0.4, 0.5) is 0 Å². The topological polar surface area (TPSA) is 118 Å². The monoisotopic (exact) mass is 515 g/mol. The molecular weight excluding hydrogens is 474 g/mol. The molecule has 2 aliphatic rings. The van der Waals surface area contributed by atoms with Crippen LogP contribution in [-0.4, -0.2) is 65.8 Å². The first-order valence-corrected chi connectivity index (χ1v) is 12.9. The van der Waals surface area contributed by atoms with Crippen LogP contribution in [0.5, 0.6) is 0 Å². The summed E-state index contributed by atoms with van der Waals surface area (Å²) in [6.07, 6.45) is 6.87. The predicted octanol–water partition coefficient (Wildman–Crippen LogP) is 2.78. The largest absolute Gasteiger partial charge is 0.505 e. The molecule has 0 aromatic heterocycles. The second-order valence-electron chi connectivity index (χ2n) is 10.8. The zero-order valence-corrected chi connectivity index (χ0v) is 22.3. The third-order valence-electron chi connectivity index (χ3n) is 8.28. The van der Waals surface area contributed by atoms with Gasteiger partial charge in [-0.1, -0.05) is 56.3 Å². The number of epoxide rings is 1. The molecule has 1 heterocycles. The smallest absolute Gasteiger partial charge is 0.293 e. The van der Waals surface area contributed by atoms with E-state index in [-0.39, 0.29) is 35.8 Å². The lowest BCUT2D eigenvalue weighted by Gasteiger charge is -2.44. The number of carbonyl (C=O) groups excluding carboxylic acids is 2. The maximum Gasteiger partial charge on any atom is 0.293 e. The van der Waals surface area contributed by atoms with Gasteiger partial charge in [-0.25, -0.2) is 0 Å². The van der Waals surface area contributed by atoms with Gasteiger partial charge in [0.2, 0.25) is 6.41 Å². The van der Waals surface area contributed by atoms with E-state index in [2.05, 4.69) is 19.2 Å². The number of hydrogen-bond donors (Lipinski definition) is 3. The van der Waals surface area contributed by atoms with Crippen molar-refractivity contribution in [3.63, 3.8) is 0 Å². The molecule has 8 heteroatoms. The summed E-state index contributed by atoms with van der Waals surface area (Å²) < 4.78 is 16.8. The number of aliphatic hydroxyl groups is 2. The highest BCUT2D eigenvalue weighted by Crippen LogP contribution is 2.57. The molecule has 0 radical (unpaired) electrons. The van der Waals surface area contributed by atoms with E-state index < -0.39 is 23.4 Å². The van der Waals surface area contributed by atoms with Crippen molar-refractivity contribution in [3.05, 3.63) is 60.4 Å². The molecule has 1 aromatic rings. The predicted molar refractivity (Wildman–Crippen MR) is 139 cm³/mol. The number of nitrogens with one attached hydrogen (secondary N) is 1. The second-order valence-corrected chi connectivity index (χ2v) is 10.8. The van der Waals surface area contributed by atoms with Crippen LogP contribution in [0.25, 0.3) is 0 Å². The van der Waals surface area contributed by atoms with Gasteiger partial charge in [0.15, 0.2) is 0 Å². The Morgan fingerprint density at radius 3 is 2.59 bits per heavy atom. The van der Waals surface area contributed by atoms with Crippen molar-refractivity contribution >= 4 is 12.9 Å². The second kappa shape index (κ2) is 12.2. The van der Waals surface area contributed by atoms with Crippen molar-refractivity contribution < 1.29 is 34.0 Å². The number of carbonyl (C=O) groups is 2. The van der Waals surface area contributed by atoms with Gasteiger partial charge in [-0.3, -0.25) is 9.59 Å². The van der Waals surface area contributed by atoms with Crippen molar-refractivity contribution in [2.24, 2.45) is 23.7 Å². The van der Waals surface area contributed by atoms with Crippen LogP contribution in [-0.2, 0) is 30.2 Å². The molecular formula is C29H41NO7. The van der Waals surface area contributed by atoms with Gasteiger partial charge in [-0.15, -0.1) is 0 Å². The number of fused-ring (bicyclic) bond motifs is 1. The Kier molecular flexibility index (Phi) is 9.56. The fourth-order valence-corrected chi connectivity index (χ4v) is 5.92. The molecule has 37 heavy (non-hydrogen) atoms. The molecule has 3 N–H and O–H groups in total. The van der Waals surface area contributed by atoms with Gasteiger partial charge < -0.3 is 29.7 Å². The molecule has 1 aliphatic heterocycles. The summed E-state index contributed by atoms with van der Waals surface area (Å²) in [4.78, 5) is 23.2. The molecule has 10 unspecified atom stereocenters. The minimum absolute atomic E-state index is 0.0247. The standard InChI is InChI=1S/C29H41NO7/c1-19(26(33)28(3,34)14-15-35-5)10-9-13-22-25(36-18-32)24(20(2)29(4)27(22)37-29)23(30-17-31)16-21-11-7-6-8-12-21/h6-9,11-15,17-20,22-27,33-34H,10,16H2,1-5H3,(H,30,31)/b13-9+,15-14+. The summed E-state index contributed by atoms with van der Waals surface area (Å²) in [7, 11) is 1.48. The molecule has 1 amide bonds. The van der Waals surface area contributed by atoms with E-state index in [1.54, 1.807) is 0 Å². The van der Waals surface area contributed by atoms with Gasteiger partial charge in [0, 0.05) is 17.9 Å². The molecule has 2 fully saturated rings. The fourth-order valence-electron chi connectivity index (χ4n) is 5.92. The fraction of sp³-hybridized carbons (Fsp3) is 0.586. The highest BCUT2D eigenvalue weighted by molar-refractivity contribution is 5.47. The van der Waals surface area contributed by atoms with E-state index >= 15 is 0 Å². The highest BCUT2D eigenvalue weighted by atomic mass is 16.6. The first-order valence-electron chi connectivity index (χ1n) is 12.9. The number of aliphatic hydroxyl groups excluding tert-OH is 1. The first kappa shape index (κ1) is 28.9. The minimum Gasteiger partial charge on any atom is -0.505 e. The van der Waals surface area contributed by atoms with Crippen LogP contribution in [0.2, 0.25) is 0 Å². The van der Waals surface area contributed by atoms with E-state index in [0.717, 1.165) is 5.56 Å². The van der Waals surface area contributed by atoms with Gasteiger partial charge in [0.25, 0.3) is 6.47 Å². The van der Waals surface area contributed by atoms with Crippen LogP contribution < -0.4 is 5.32 Å². The number of rotatable bonds is 14. The third-order valence-corrected chi connectivity index (χ3v) is 8.28. The Bertz CT molecular complexity index is 949. The third kappa shape index (κ3) is 6.43. The van der Waals surface area contributed by atoms with E-state index in [4.69, 9.17) is 14.2 Å². The van der Waals surface area contributed by atoms with E-state index in [9.17, 15) is 19.8 Å². The normalized spacial score (nSPS) is 33.1. The summed E-state index contributed by atoms with van der Waals surface area (Å²) in [5.41, 5.74) is -0.768. The Labute approximate surface area is 219 Å². The van der Waals surface area contributed by atoms with Crippen LogP contribution in [0, 0.1) is 23.7 Å². The Morgan fingerprint density at radius 2 is 1.97 bits per heavy atom. The molecule has 8 nitrogen and oxygen atoms in total. The average Bonchev–Trinajstić information content (AvgIpc) is 3.58. The Balaban J connectivity index is 1.82. The molecule has 1 aliphatic carbocycles. The maximum atomic E-state index is 11.6. The zero-order chi connectivity index (χ0) is 27.2. The van der Waals surface area contributed by atoms with E-state index in [1.165, 1.54) is 26.4 Å². The summed E-state index contributed by atoms with van der Waals surface area (Å²) in [5, 5.41) is 24.2. The lowest BCUT2D eigenvalue weighted by Crippen LogP contribution is -2.56. The van der Waals surface area contributed by atoms with Crippen LogP contribution in [0.1, 0.15) is 39.7 Å². The van der Waals surface area contributed by atoms with Crippen molar-refractivity contribution in [2.45, 2.75) is 76.1 Å². The van der Waals surface area contributed by atoms with E-state index in [0.29, 0.717) is 25.7 Å². The molecule has 1 saturated carbocycles. The summed E-state index contributed by atoms with van der Waals surface area (Å²) in [6, 6.07) is 9.64. The van der Waals surface area contributed by atoms with Crippen molar-refractivity contribution in [2.75, 3.05) is 7.11 Å². The van der Waals surface area contributed by atoms with Gasteiger partial charge in [-0.2, -0.15) is 0 Å². The Hall–Kier alpha value is -2.68. The quantitative estimate of drug-likeness (QED) is 0.151. The van der Waals surface area contributed by atoms with Gasteiger partial charge in [0.05, 0.1) is 31.2 Å². The Morgan fingerprint density at radius 1 is 1.27 bits per heavy atom. The number of amides is 1. The summed E-state index contributed by atoms with van der Waals surface area (Å²) in [6.45, 7) is 8.02. The molecule has 10 atom stereocenters. The maximum absolute atomic E-state index is 11.6. The average molecular weight is 516 g/mol. The molecule has 1 aromatic carbocycles. The summed E-state index contributed by atoms with van der Waals surface area (Å²) >= 11 is 0. The molecule has 0 bridgehead atoms. The molecule has 0 spiro atoms.